The first kappa shape index (κ1) is 30.1. The van der Waals surface area contributed by atoms with Gasteiger partial charge in [0.25, 0.3) is 0 Å². The van der Waals surface area contributed by atoms with Gasteiger partial charge in [-0.3, -0.25) is 9.59 Å². The summed E-state index contributed by atoms with van der Waals surface area (Å²) in [5, 5.41) is 17.0. The van der Waals surface area contributed by atoms with Gasteiger partial charge in [0.05, 0.1) is 13.2 Å². The van der Waals surface area contributed by atoms with E-state index < -0.39 is 53.5 Å². The van der Waals surface area contributed by atoms with Crippen LogP contribution in [0.4, 0.5) is 4.79 Å². The van der Waals surface area contributed by atoms with E-state index in [-0.39, 0.29) is 26.0 Å². The Morgan fingerprint density at radius 2 is 2.14 bits per heavy atom. The lowest BCUT2D eigenvalue weighted by molar-refractivity contribution is -0.145. The number of carbonyl (C=O) groups is 4. The van der Waals surface area contributed by atoms with Crippen molar-refractivity contribution in [1.82, 2.24) is 20.5 Å². The van der Waals surface area contributed by atoms with E-state index in [4.69, 9.17) is 9.47 Å². The number of carboxylic acid groups (broad SMARTS) is 1. The number of aromatic nitrogens is 1. The van der Waals surface area contributed by atoms with Crippen molar-refractivity contribution < 1.29 is 33.8 Å². The Hall–Kier alpha value is -4.41. The SMILES string of the molecule is C=C[C@H]1C[C@]1(NC(=O)[C@@H]1C[C@@H]2CN1C(=O)[C@H](CCCC)NC(=O)OCCC/C=C/c1ccc3ccnc(c3c1)O2)C(=O)O. The first-order valence-electron chi connectivity index (χ1n) is 14.9. The molecule has 3 amide bonds. The van der Waals surface area contributed by atoms with Crippen LogP contribution in [0.3, 0.4) is 0 Å². The third-order valence-electron chi connectivity index (χ3n) is 8.40. The lowest BCUT2D eigenvalue weighted by atomic mass is 10.1. The summed E-state index contributed by atoms with van der Waals surface area (Å²) in [6, 6.07) is 5.89. The van der Waals surface area contributed by atoms with E-state index in [9.17, 15) is 24.3 Å². The number of allylic oxidation sites excluding steroid dienone is 1. The van der Waals surface area contributed by atoms with Gasteiger partial charge in [-0.25, -0.2) is 14.6 Å². The van der Waals surface area contributed by atoms with Crippen LogP contribution in [-0.2, 0) is 19.1 Å². The molecule has 1 aliphatic carbocycles. The highest BCUT2D eigenvalue weighted by atomic mass is 16.5. The first-order valence-corrected chi connectivity index (χ1v) is 14.9. The number of rotatable bonds is 7. The fourth-order valence-corrected chi connectivity index (χ4v) is 5.84. The molecule has 5 atom stereocenters. The Bertz CT molecular complexity index is 1440. The minimum Gasteiger partial charge on any atom is -0.479 e. The molecule has 11 nitrogen and oxygen atoms in total. The number of benzene rings is 1. The normalized spacial score (nSPS) is 28.2. The Labute approximate surface area is 250 Å². The van der Waals surface area contributed by atoms with Crippen molar-refractivity contribution in [2.45, 2.75) is 75.6 Å². The van der Waals surface area contributed by atoms with Gasteiger partial charge in [-0.05, 0) is 48.8 Å². The summed E-state index contributed by atoms with van der Waals surface area (Å²) in [5.41, 5.74) is -0.506. The molecule has 2 aliphatic heterocycles. The number of nitrogens with one attached hydrogen (secondary N) is 2. The molecule has 11 heteroatoms. The average molecular weight is 591 g/mol. The zero-order valence-electron chi connectivity index (χ0n) is 24.3. The maximum atomic E-state index is 14.0. The van der Waals surface area contributed by atoms with Crippen LogP contribution >= 0.6 is 0 Å². The third-order valence-corrected chi connectivity index (χ3v) is 8.40. The summed E-state index contributed by atoms with van der Waals surface area (Å²) in [5.74, 6) is -2.22. The van der Waals surface area contributed by atoms with Gasteiger partial charge in [-0.15, -0.1) is 6.58 Å². The monoisotopic (exact) mass is 590 g/mol. The van der Waals surface area contributed by atoms with Gasteiger partial charge in [0.15, 0.2) is 0 Å². The standard InChI is InChI=1S/C32H38N4O7/c1-3-5-10-25-29(38)36-19-23(17-26(36)27(37)35-32(30(39)40)18-22(32)4-2)43-28-24-16-20(11-12-21(24)13-14-33-28)9-7-6-8-15-42-31(41)34-25/h4,7,9,11-14,16,22-23,25-26H,2-3,5-6,8,10,15,17-19H2,1H3,(H,34,41)(H,35,37)(H,39,40)/b9-7+/t22-,23+,25-,26-,32+/m0/s1. The molecule has 3 heterocycles. The topological polar surface area (TPSA) is 147 Å². The summed E-state index contributed by atoms with van der Waals surface area (Å²) in [6.07, 6.45) is 9.31. The molecular formula is C32H38N4O7. The maximum absolute atomic E-state index is 14.0. The molecule has 1 aromatic heterocycles. The van der Waals surface area contributed by atoms with Crippen LogP contribution < -0.4 is 15.4 Å². The molecule has 1 saturated carbocycles. The van der Waals surface area contributed by atoms with Crippen LogP contribution in [0.1, 0.15) is 57.4 Å². The summed E-state index contributed by atoms with van der Waals surface area (Å²) in [6.45, 7) is 5.90. The molecule has 2 fully saturated rings. The highest BCUT2D eigenvalue weighted by molar-refractivity contribution is 5.96. The van der Waals surface area contributed by atoms with Crippen LogP contribution in [0, 0.1) is 5.92 Å². The van der Waals surface area contributed by atoms with E-state index in [0.717, 1.165) is 22.8 Å². The Morgan fingerprint density at radius 1 is 1.30 bits per heavy atom. The van der Waals surface area contributed by atoms with Gasteiger partial charge in [0, 0.05) is 23.9 Å². The summed E-state index contributed by atoms with van der Waals surface area (Å²) in [7, 11) is 0. The predicted octanol–water partition coefficient (Wildman–Crippen LogP) is 3.82. The van der Waals surface area contributed by atoms with Gasteiger partial charge in [-0.2, -0.15) is 0 Å². The van der Waals surface area contributed by atoms with Crippen LogP contribution in [-0.4, -0.2) is 75.7 Å². The van der Waals surface area contributed by atoms with Crippen molar-refractivity contribution >= 4 is 40.7 Å². The fourth-order valence-electron chi connectivity index (χ4n) is 5.84. The van der Waals surface area contributed by atoms with Gasteiger partial charge < -0.3 is 30.1 Å². The highest BCUT2D eigenvalue weighted by Crippen LogP contribution is 2.45. The molecule has 43 heavy (non-hydrogen) atoms. The molecule has 228 valence electrons. The smallest absolute Gasteiger partial charge is 0.407 e. The molecular weight excluding hydrogens is 552 g/mol. The Kier molecular flexibility index (Phi) is 8.98. The molecule has 3 aliphatic rings. The van der Waals surface area contributed by atoms with Crippen molar-refractivity contribution in [3.05, 3.63) is 54.8 Å². The number of hydrogen-bond acceptors (Lipinski definition) is 7. The van der Waals surface area contributed by atoms with Gasteiger partial charge in [-0.1, -0.05) is 50.1 Å². The molecule has 2 aromatic rings. The second-order valence-corrected chi connectivity index (χ2v) is 11.4. The Morgan fingerprint density at radius 3 is 2.88 bits per heavy atom. The van der Waals surface area contributed by atoms with Crippen molar-refractivity contribution in [3.8, 4) is 5.88 Å². The number of alkyl carbamates (subject to hydrolysis) is 1. The van der Waals surface area contributed by atoms with Crippen LogP contribution in [0.2, 0.25) is 0 Å². The number of fused-ring (bicyclic) bond motifs is 3. The largest absolute Gasteiger partial charge is 0.479 e. The number of aliphatic carboxylic acids is 1. The van der Waals surface area contributed by atoms with E-state index in [2.05, 4.69) is 22.2 Å². The van der Waals surface area contributed by atoms with Crippen molar-refractivity contribution in [3.63, 3.8) is 0 Å². The number of amides is 3. The zero-order chi connectivity index (χ0) is 30.6. The lowest BCUT2D eigenvalue weighted by Gasteiger charge is -2.29. The Balaban J connectivity index is 1.49. The number of carbonyl (C=O) groups excluding carboxylic acids is 3. The molecule has 0 spiro atoms. The zero-order valence-corrected chi connectivity index (χ0v) is 24.3. The molecule has 0 radical (unpaired) electrons. The predicted molar refractivity (Wildman–Crippen MR) is 159 cm³/mol. The fraction of sp³-hybridized carbons (Fsp3) is 0.469. The average Bonchev–Trinajstić information content (AvgIpc) is 3.56. The second-order valence-electron chi connectivity index (χ2n) is 11.4. The lowest BCUT2D eigenvalue weighted by Crippen LogP contribution is -2.56. The minimum atomic E-state index is -1.45. The van der Waals surface area contributed by atoms with E-state index in [1.54, 1.807) is 6.20 Å². The number of cyclic esters (lactones) is 1. The van der Waals surface area contributed by atoms with Crippen molar-refractivity contribution in [2.75, 3.05) is 13.2 Å². The molecule has 4 bridgehead atoms. The van der Waals surface area contributed by atoms with E-state index >= 15 is 0 Å². The summed E-state index contributed by atoms with van der Waals surface area (Å²) in [4.78, 5) is 58.3. The maximum Gasteiger partial charge on any atom is 0.407 e. The number of pyridine rings is 1. The van der Waals surface area contributed by atoms with E-state index in [1.807, 2.05) is 43.3 Å². The number of ether oxygens (including phenoxy) is 2. The second kappa shape index (κ2) is 12.8. The number of nitrogens with zero attached hydrogens (tertiary/aromatic N) is 2. The third kappa shape index (κ3) is 6.50. The van der Waals surface area contributed by atoms with Crippen LogP contribution in [0.15, 0.2) is 49.2 Å². The van der Waals surface area contributed by atoms with Crippen molar-refractivity contribution in [2.24, 2.45) is 5.92 Å². The van der Waals surface area contributed by atoms with Crippen molar-refractivity contribution in [1.29, 1.82) is 0 Å². The molecule has 3 N–H and O–H groups in total. The number of carboxylic acids is 1. The number of hydrogen-bond donors (Lipinski definition) is 3. The quantitative estimate of drug-likeness (QED) is 0.413. The molecule has 0 unspecified atom stereocenters. The van der Waals surface area contributed by atoms with Gasteiger partial charge in [0.2, 0.25) is 17.7 Å². The number of unbranched alkanes of at least 4 members (excludes halogenated alkanes) is 1. The summed E-state index contributed by atoms with van der Waals surface area (Å²) < 4.78 is 11.7. The summed E-state index contributed by atoms with van der Waals surface area (Å²) >= 11 is 0. The van der Waals surface area contributed by atoms with Crippen LogP contribution in [0.5, 0.6) is 5.88 Å². The van der Waals surface area contributed by atoms with E-state index in [0.29, 0.717) is 31.6 Å². The van der Waals surface area contributed by atoms with Crippen LogP contribution in [0.25, 0.3) is 16.8 Å². The highest BCUT2D eigenvalue weighted by Gasteiger charge is 2.61. The van der Waals surface area contributed by atoms with Gasteiger partial charge >= 0.3 is 12.1 Å². The molecule has 1 saturated heterocycles. The molecule has 5 rings (SSSR count). The molecule has 1 aromatic carbocycles. The minimum absolute atomic E-state index is 0.0545. The van der Waals surface area contributed by atoms with Gasteiger partial charge in [0.1, 0.15) is 23.7 Å². The van der Waals surface area contributed by atoms with E-state index in [1.165, 1.54) is 11.0 Å². The first-order chi connectivity index (χ1) is 20.8.